The molecule has 1 aromatic carbocycles. The number of hydrogen-bond acceptors (Lipinski definition) is 7. The van der Waals surface area contributed by atoms with Crippen LogP contribution in [0.4, 0.5) is 0 Å². The third kappa shape index (κ3) is 2.47. The van der Waals surface area contributed by atoms with Gasteiger partial charge in [0.05, 0.1) is 6.26 Å². The normalized spacial score (nSPS) is 12.8. The summed E-state index contributed by atoms with van der Waals surface area (Å²) in [5.41, 5.74) is 1.10. The molecule has 6 nitrogen and oxygen atoms in total. The third-order valence-electron chi connectivity index (χ3n) is 2.94. The summed E-state index contributed by atoms with van der Waals surface area (Å²) in [5.74, 6) is 3.21. The van der Waals surface area contributed by atoms with Crippen molar-refractivity contribution >= 4 is 11.8 Å². The number of furan rings is 1. The topological polar surface area (TPSA) is 70.5 Å². The molecule has 0 atom stereocenters. The molecular formula is C14H10N2O4S. The highest BCUT2D eigenvalue weighted by Crippen LogP contribution is 2.34. The fourth-order valence-electron chi connectivity index (χ4n) is 1.94. The zero-order valence-electron chi connectivity index (χ0n) is 10.8. The molecule has 4 rings (SSSR count). The van der Waals surface area contributed by atoms with Crippen LogP contribution < -0.4 is 9.47 Å². The van der Waals surface area contributed by atoms with Gasteiger partial charge in [0.2, 0.25) is 6.79 Å². The van der Waals surface area contributed by atoms with Crippen LogP contribution >= 0.6 is 11.8 Å². The Morgan fingerprint density at radius 2 is 2.05 bits per heavy atom. The average Bonchev–Trinajstić information content (AvgIpc) is 3.24. The summed E-state index contributed by atoms with van der Waals surface area (Å²) in [6.45, 7) is 0.280. The highest BCUT2D eigenvalue weighted by Gasteiger charge is 2.15. The van der Waals surface area contributed by atoms with Crippen LogP contribution in [0.3, 0.4) is 0 Å². The summed E-state index contributed by atoms with van der Waals surface area (Å²) in [7, 11) is 0. The third-order valence-corrected chi connectivity index (χ3v) is 3.83. The Morgan fingerprint density at radius 1 is 1.10 bits per heavy atom. The number of nitrogens with zero attached hydrogens (tertiary/aromatic N) is 2. The number of ether oxygens (including phenoxy) is 2. The van der Waals surface area contributed by atoms with Crippen LogP contribution in [0.15, 0.2) is 50.7 Å². The first-order chi connectivity index (χ1) is 10.4. The van der Waals surface area contributed by atoms with Gasteiger partial charge in [-0.15, -0.1) is 10.2 Å². The average molecular weight is 302 g/mol. The van der Waals surface area contributed by atoms with Gasteiger partial charge in [0.25, 0.3) is 11.1 Å². The molecule has 3 aromatic rings. The molecule has 0 aliphatic carbocycles. The van der Waals surface area contributed by atoms with Crippen LogP contribution in [-0.2, 0) is 5.75 Å². The molecule has 0 saturated heterocycles. The van der Waals surface area contributed by atoms with E-state index in [1.807, 2.05) is 18.2 Å². The molecule has 0 amide bonds. The Hall–Kier alpha value is -2.41. The zero-order chi connectivity index (χ0) is 14.1. The van der Waals surface area contributed by atoms with E-state index in [1.54, 1.807) is 18.4 Å². The summed E-state index contributed by atoms with van der Waals surface area (Å²) in [5, 5.41) is 8.44. The van der Waals surface area contributed by atoms with Crippen molar-refractivity contribution in [2.24, 2.45) is 0 Å². The number of hydrogen-bond donors (Lipinski definition) is 0. The van der Waals surface area contributed by atoms with Crippen molar-refractivity contribution in [2.45, 2.75) is 11.0 Å². The second-order valence-electron chi connectivity index (χ2n) is 4.33. The molecule has 2 aromatic heterocycles. The standard InChI is InChI=1S/C14H10N2O4S/c1-2-11(17-5-1)13-15-16-14(20-13)21-7-9-3-4-10-12(6-9)19-8-18-10/h1-6H,7-8H2. The molecule has 0 unspecified atom stereocenters. The van der Waals surface area contributed by atoms with Gasteiger partial charge < -0.3 is 18.3 Å². The highest BCUT2D eigenvalue weighted by molar-refractivity contribution is 7.98. The maximum absolute atomic E-state index is 5.53. The van der Waals surface area contributed by atoms with E-state index in [-0.39, 0.29) is 6.79 Å². The summed E-state index contributed by atoms with van der Waals surface area (Å²) in [6, 6.07) is 9.41. The first-order valence-corrected chi connectivity index (χ1v) is 7.26. The number of benzene rings is 1. The SMILES string of the molecule is c1coc(-c2nnc(SCc3ccc4c(c3)OCO4)o2)c1. The lowest BCUT2D eigenvalue weighted by Gasteiger charge is -2.00. The largest absolute Gasteiger partial charge is 0.459 e. The van der Waals surface area contributed by atoms with Crippen LogP contribution in [-0.4, -0.2) is 17.0 Å². The van der Waals surface area contributed by atoms with E-state index in [1.165, 1.54) is 11.8 Å². The first kappa shape index (κ1) is 12.3. The molecule has 0 N–H and O–H groups in total. The van der Waals surface area contributed by atoms with Crippen LogP contribution in [0.25, 0.3) is 11.7 Å². The van der Waals surface area contributed by atoms with E-state index in [9.17, 15) is 0 Å². The summed E-state index contributed by atoms with van der Waals surface area (Å²) < 4.78 is 21.4. The van der Waals surface area contributed by atoms with Gasteiger partial charge in [-0.3, -0.25) is 0 Å². The van der Waals surface area contributed by atoms with Crippen molar-refractivity contribution in [3.63, 3.8) is 0 Å². The molecular weight excluding hydrogens is 292 g/mol. The minimum absolute atomic E-state index is 0.280. The Balaban J connectivity index is 1.45. The molecule has 0 fully saturated rings. The molecule has 106 valence electrons. The van der Waals surface area contributed by atoms with Crippen molar-refractivity contribution < 1.29 is 18.3 Å². The molecule has 0 spiro atoms. The Morgan fingerprint density at radius 3 is 2.95 bits per heavy atom. The van der Waals surface area contributed by atoms with Gasteiger partial charge in [0.1, 0.15) is 0 Å². The Kier molecular flexibility index (Phi) is 3.04. The van der Waals surface area contributed by atoms with Gasteiger partial charge in [0, 0.05) is 5.75 Å². The quantitative estimate of drug-likeness (QED) is 0.684. The highest BCUT2D eigenvalue weighted by atomic mass is 32.2. The van der Waals surface area contributed by atoms with Gasteiger partial charge >= 0.3 is 0 Å². The second-order valence-corrected chi connectivity index (χ2v) is 5.25. The van der Waals surface area contributed by atoms with E-state index in [2.05, 4.69) is 10.2 Å². The molecule has 0 radical (unpaired) electrons. The lowest BCUT2D eigenvalue weighted by molar-refractivity contribution is 0.174. The molecule has 7 heteroatoms. The molecule has 0 saturated carbocycles. The Bertz CT molecular complexity index is 754. The number of rotatable bonds is 4. The fraction of sp³-hybridized carbons (Fsp3) is 0.143. The minimum atomic E-state index is 0.280. The van der Waals surface area contributed by atoms with Crippen molar-refractivity contribution in [1.82, 2.24) is 10.2 Å². The van der Waals surface area contributed by atoms with Crippen LogP contribution in [0.1, 0.15) is 5.56 Å². The maximum atomic E-state index is 5.53. The first-order valence-electron chi connectivity index (χ1n) is 6.27. The van der Waals surface area contributed by atoms with E-state index in [0.717, 1.165) is 17.1 Å². The lowest BCUT2D eigenvalue weighted by Crippen LogP contribution is -1.92. The summed E-state index contributed by atoms with van der Waals surface area (Å²) in [4.78, 5) is 0. The van der Waals surface area contributed by atoms with Crippen molar-refractivity contribution in [3.05, 3.63) is 42.2 Å². The lowest BCUT2D eigenvalue weighted by atomic mass is 10.2. The van der Waals surface area contributed by atoms with Gasteiger partial charge in [-0.2, -0.15) is 0 Å². The van der Waals surface area contributed by atoms with Gasteiger partial charge in [-0.1, -0.05) is 17.8 Å². The predicted octanol–water partition coefficient (Wildman–Crippen LogP) is 3.35. The summed E-state index contributed by atoms with van der Waals surface area (Å²) >= 11 is 1.46. The van der Waals surface area contributed by atoms with Crippen LogP contribution in [0, 0.1) is 0 Å². The van der Waals surface area contributed by atoms with Gasteiger partial charge in [0.15, 0.2) is 17.3 Å². The number of aromatic nitrogens is 2. The van der Waals surface area contributed by atoms with E-state index in [4.69, 9.17) is 18.3 Å². The number of thioether (sulfide) groups is 1. The second kappa shape index (κ2) is 5.17. The molecule has 1 aliphatic heterocycles. The molecule has 0 bridgehead atoms. The van der Waals surface area contributed by atoms with E-state index in [0.29, 0.717) is 22.6 Å². The number of fused-ring (bicyclic) bond motifs is 1. The van der Waals surface area contributed by atoms with Gasteiger partial charge in [-0.25, -0.2) is 0 Å². The van der Waals surface area contributed by atoms with Crippen molar-refractivity contribution in [2.75, 3.05) is 6.79 Å². The van der Waals surface area contributed by atoms with Crippen molar-refractivity contribution in [3.8, 4) is 23.1 Å². The van der Waals surface area contributed by atoms with E-state index < -0.39 is 0 Å². The smallest absolute Gasteiger partial charge is 0.284 e. The predicted molar refractivity (Wildman–Crippen MR) is 74.1 cm³/mol. The fourth-order valence-corrected chi connectivity index (χ4v) is 2.65. The Labute approximate surface area is 124 Å². The van der Waals surface area contributed by atoms with Crippen LogP contribution in [0.5, 0.6) is 11.5 Å². The monoisotopic (exact) mass is 302 g/mol. The van der Waals surface area contributed by atoms with Crippen LogP contribution in [0.2, 0.25) is 0 Å². The minimum Gasteiger partial charge on any atom is -0.459 e. The summed E-state index contributed by atoms with van der Waals surface area (Å²) in [6.07, 6.45) is 1.57. The molecule has 3 heterocycles. The maximum Gasteiger partial charge on any atom is 0.284 e. The van der Waals surface area contributed by atoms with Crippen molar-refractivity contribution in [1.29, 1.82) is 0 Å². The van der Waals surface area contributed by atoms with Gasteiger partial charge in [-0.05, 0) is 29.8 Å². The molecule has 1 aliphatic rings. The molecule has 21 heavy (non-hydrogen) atoms. The van der Waals surface area contributed by atoms with E-state index >= 15 is 0 Å². The zero-order valence-corrected chi connectivity index (χ0v) is 11.6.